The van der Waals surface area contributed by atoms with Crippen LogP contribution in [0.4, 0.5) is 0 Å². The number of dihydropyridines is 1. The van der Waals surface area contributed by atoms with Crippen LogP contribution in [0.25, 0.3) is 0 Å². The third-order valence-electron chi connectivity index (χ3n) is 5.62. The first-order valence-electron chi connectivity index (χ1n) is 9.98. The number of Topliss-reactive ketones (excluding diaryl/α,β-unsaturated/α-hetero) is 1. The molecular formula is C24H20N2O3S. The number of carbonyl (C=O) groups excluding carboxylic acids is 1. The lowest BCUT2D eigenvalue weighted by molar-refractivity contribution is -0.116. The van der Waals surface area contributed by atoms with Crippen molar-refractivity contribution in [3.63, 3.8) is 0 Å². The van der Waals surface area contributed by atoms with Gasteiger partial charge in [-0.15, -0.1) is 11.8 Å². The van der Waals surface area contributed by atoms with Crippen LogP contribution in [0.2, 0.25) is 0 Å². The number of hydrogen-bond acceptors (Lipinski definition) is 6. The van der Waals surface area contributed by atoms with E-state index in [0.717, 1.165) is 40.5 Å². The Morgan fingerprint density at radius 3 is 2.77 bits per heavy atom. The van der Waals surface area contributed by atoms with E-state index in [4.69, 9.17) is 9.47 Å². The van der Waals surface area contributed by atoms with Gasteiger partial charge in [0.05, 0.1) is 22.6 Å². The van der Waals surface area contributed by atoms with Gasteiger partial charge in [-0.25, -0.2) is 0 Å². The molecule has 1 aliphatic carbocycles. The highest BCUT2D eigenvalue weighted by atomic mass is 32.2. The molecular weight excluding hydrogens is 396 g/mol. The number of rotatable bonds is 4. The molecule has 0 saturated carbocycles. The summed E-state index contributed by atoms with van der Waals surface area (Å²) < 4.78 is 11.0. The van der Waals surface area contributed by atoms with Gasteiger partial charge in [-0.2, -0.15) is 5.26 Å². The smallest absolute Gasteiger partial charge is 0.231 e. The maximum absolute atomic E-state index is 12.9. The number of ether oxygens (including phenoxy) is 2. The van der Waals surface area contributed by atoms with Crippen molar-refractivity contribution < 1.29 is 14.3 Å². The first-order valence-corrected chi connectivity index (χ1v) is 11.0. The van der Waals surface area contributed by atoms with Gasteiger partial charge in [-0.3, -0.25) is 4.79 Å². The second-order valence-corrected chi connectivity index (χ2v) is 8.45. The first-order chi connectivity index (χ1) is 14.7. The van der Waals surface area contributed by atoms with Crippen LogP contribution >= 0.6 is 11.8 Å². The van der Waals surface area contributed by atoms with Crippen molar-refractivity contribution in [3.05, 3.63) is 81.5 Å². The Kier molecular flexibility index (Phi) is 4.97. The molecule has 5 nitrogen and oxygen atoms in total. The van der Waals surface area contributed by atoms with Gasteiger partial charge in [0.25, 0.3) is 0 Å². The molecule has 2 aliphatic heterocycles. The zero-order chi connectivity index (χ0) is 20.5. The monoisotopic (exact) mass is 416 g/mol. The number of fused-ring (bicyclic) bond motifs is 1. The molecule has 1 N–H and O–H groups in total. The predicted octanol–water partition coefficient (Wildman–Crippen LogP) is 4.78. The normalized spacial score (nSPS) is 20.0. The third kappa shape index (κ3) is 3.35. The summed E-state index contributed by atoms with van der Waals surface area (Å²) in [5.41, 5.74) is 4.33. The molecule has 0 radical (unpaired) electrons. The lowest BCUT2D eigenvalue weighted by Gasteiger charge is -2.33. The van der Waals surface area contributed by atoms with E-state index in [0.29, 0.717) is 23.5 Å². The van der Waals surface area contributed by atoms with Crippen molar-refractivity contribution >= 4 is 17.5 Å². The van der Waals surface area contributed by atoms with Crippen molar-refractivity contribution in [2.45, 2.75) is 30.9 Å². The van der Waals surface area contributed by atoms with Gasteiger partial charge in [-0.1, -0.05) is 36.4 Å². The van der Waals surface area contributed by atoms with Crippen LogP contribution in [0.3, 0.4) is 0 Å². The SMILES string of the molecule is N#CC1=C(SCc2ccccc2)NC2=C(C(=O)CCC2)[C@@H]1c1ccc2c(c1)OCO2. The van der Waals surface area contributed by atoms with Gasteiger partial charge >= 0.3 is 0 Å². The van der Waals surface area contributed by atoms with Crippen molar-refractivity contribution in [2.24, 2.45) is 0 Å². The topological polar surface area (TPSA) is 71.4 Å². The molecule has 0 amide bonds. The minimum atomic E-state index is -0.383. The highest BCUT2D eigenvalue weighted by molar-refractivity contribution is 8.02. The number of nitrogens with zero attached hydrogens (tertiary/aromatic N) is 1. The van der Waals surface area contributed by atoms with E-state index >= 15 is 0 Å². The summed E-state index contributed by atoms with van der Waals surface area (Å²) in [5.74, 6) is 1.84. The molecule has 0 fully saturated rings. The van der Waals surface area contributed by atoms with Crippen LogP contribution < -0.4 is 14.8 Å². The van der Waals surface area contributed by atoms with E-state index in [2.05, 4.69) is 23.5 Å². The van der Waals surface area contributed by atoms with Gasteiger partial charge in [0.15, 0.2) is 17.3 Å². The molecule has 3 aliphatic rings. The summed E-state index contributed by atoms with van der Waals surface area (Å²) in [7, 11) is 0. The van der Waals surface area contributed by atoms with Crippen LogP contribution in [-0.2, 0) is 10.5 Å². The fourth-order valence-corrected chi connectivity index (χ4v) is 5.21. The molecule has 5 rings (SSSR count). The van der Waals surface area contributed by atoms with Crippen molar-refractivity contribution in [2.75, 3.05) is 6.79 Å². The van der Waals surface area contributed by atoms with Gasteiger partial charge in [-0.05, 0) is 36.1 Å². The largest absolute Gasteiger partial charge is 0.454 e. The average Bonchev–Trinajstić information content (AvgIpc) is 3.25. The van der Waals surface area contributed by atoms with Gasteiger partial charge in [0.1, 0.15) is 0 Å². The quantitative estimate of drug-likeness (QED) is 0.774. The van der Waals surface area contributed by atoms with Crippen molar-refractivity contribution in [3.8, 4) is 17.6 Å². The fraction of sp³-hybridized carbons (Fsp3) is 0.250. The van der Waals surface area contributed by atoms with Crippen molar-refractivity contribution in [1.29, 1.82) is 5.26 Å². The van der Waals surface area contributed by atoms with E-state index in [9.17, 15) is 10.1 Å². The highest BCUT2D eigenvalue weighted by Gasteiger charge is 2.37. The maximum Gasteiger partial charge on any atom is 0.231 e. The summed E-state index contributed by atoms with van der Waals surface area (Å²) in [6.07, 6.45) is 2.17. The standard InChI is InChI=1S/C24H20N2O3S/c25-12-17-22(16-9-10-20-21(11-16)29-14-28-20)23-18(7-4-8-19(23)27)26-24(17)30-13-15-5-2-1-3-6-15/h1-3,5-6,9-11,22,26H,4,7-8,13-14H2/t22-/m1/s1. The van der Waals surface area contributed by atoms with Crippen molar-refractivity contribution in [1.82, 2.24) is 5.32 Å². The molecule has 0 aromatic heterocycles. The molecule has 6 heteroatoms. The van der Waals surface area contributed by atoms with Crippen LogP contribution in [-0.4, -0.2) is 12.6 Å². The van der Waals surface area contributed by atoms with E-state index in [1.165, 1.54) is 5.56 Å². The molecule has 2 heterocycles. The summed E-state index contributed by atoms with van der Waals surface area (Å²) in [6.45, 7) is 0.191. The molecule has 150 valence electrons. The van der Waals surface area contributed by atoms with Crippen LogP contribution in [0.1, 0.15) is 36.3 Å². The van der Waals surface area contributed by atoms with Crippen LogP contribution in [0, 0.1) is 11.3 Å². The van der Waals surface area contributed by atoms with E-state index in [1.807, 2.05) is 36.4 Å². The molecule has 0 spiro atoms. The zero-order valence-electron chi connectivity index (χ0n) is 16.3. The zero-order valence-corrected chi connectivity index (χ0v) is 17.1. The molecule has 0 saturated heterocycles. The van der Waals surface area contributed by atoms with E-state index in [1.54, 1.807) is 11.8 Å². The van der Waals surface area contributed by atoms with E-state index < -0.39 is 0 Å². The Bertz CT molecular complexity index is 1120. The van der Waals surface area contributed by atoms with E-state index in [-0.39, 0.29) is 18.5 Å². The molecule has 30 heavy (non-hydrogen) atoms. The Hall–Kier alpha value is -3.17. The summed E-state index contributed by atoms with van der Waals surface area (Å²) in [5, 5.41) is 14.4. The number of hydrogen-bond donors (Lipinski definition) is 1. The van der Waals surface area contributed by atoms with Gasteiger partial charge in [0.2, 0.25) is 6.79 Å². The molecule has 0 bridgehead atoms. The minimum Gasteiger partial charge on any atom is -0.454 e. The predicted molar refractivity (Wildman–Crippen MR) is 115 cm³/mol. The lowest BCUT2D eigenvalue weighted by Crippen LogP contribution is -2.31. The lowest BCUT2D eigenvalue weighted by atomic mass is 9.77. The fourth-order valence-electron chi connectivity index (χ4n) is 4.19. The summed E-state index contributed by atoms with van der Waals surface area (Å²) in [6, 6.07) is 18.3. The summed E-state index contributed by atoms with van der Waals surface area (Å²) >= 11 is 1.61. The molecule has 1 atom stereocenters. The Morgan fingerprint density at radius 2 is 1.93 bits per heavy atom. The molecule has 0 unspecified atom stereocenters. The number of nitriles is 1. The number of allylic oxidation sites excluding steroid dienone is 3. The second kappa shape index (κ2) is 7.92. The maximum atomic E-state index is 12.9. The first kappa shape index (κ1) is 18.8. The third-order valence-corrected chi connectivity index (χ3v) is 6.71. The Balaban J connectivity index is 1.56. The Labute approximate surface area is 179 Å². The number of ketones is 1. The molecule has 2 aromatic rings. The number of benzene rings is 2. The number of thioether (sulfide) groups is 1. The van der Waals surface area contributed by atoms with Gasteiger partial charge in [0, 0.05) is 23.4 Å². The Morgan fingerprint density at radius 1 is 1.10 bits per heavy atom. The van der Waals surface area contributed by atoms with Crippen LogP contribution in [0.5, 0.6) is 11.5 Å². The summed E-state index contributed by atoms with van der Waals surface area (Å²) in [4.78, 5) is 12.9. The average molecular weight is 417 g/mol. The van der Waals surface area contributed by atoms with Crippen LogP contribution in [0.15, 0.2) is 70.4 Å². The second-order valence-electron chi connectivity index (χ2n) is 7.47. The molecule has 2 aromatic carbocycles. The highest BCUT2D eigenvalue weighted by Crippen LogP contribution is 2.46. The minimum absolute atomic E-state index is 0.117. The number of nitrogens with one attached hydrogen (secondary N) is 1. The number of carbonyl (C=O) groups is 1. The van der Waals surface area contributed by atoms with Gasteiger partial charge < -0.3 is 14.8 Å².